The van der Waals surface area contributed by atoms with E-state index in [0.717, 1.165) is 11.5 Å². The lowest BCUT2D eigenvalue weighted by Crippen LogP contribution is -1.97. The van der Waals surface area contributed by atoms with E-state index in [1.54, 1.807) is 7.11 Å². The highest BCUT2D eigenvalue weighted by molar-refractivity contribution is 5.45. The highest BCUT2D eigenvalue weighted by Crippen LogP contribution is 2.53. The third-order valence-electron chi connectivity index (χ3n) is 3.99. The van der Waals surface area contributed by atoms with Crippen LogP contribution >= 0.6 is 0 Å². The van der Waals surface area contributed by atoms with Crippen LogP contribution in [-0.4, -0.2) is 13.7 Å². The van der Waals surface area contributed by atoms with Gasteiger partial charge in [0.05, 0.1) is 13.7 Å². The van der Waals surface area contributed by atoms with Crippen LogP contribution in [0.3, 0.4) is 0 Å². The normalized spacial score (nSPS) is 20.1. The monoisotopic (exact) mass is 281 g/mol. The Kier molecular flexibility index (Phi) is 4.14. The first-order chi connectivity index (χ1) is 10.3. The molecule has 1 aliphatic carbocycles. The Morgan fingerprint density at radius 1 is 1.05 bits per heavy atom. The summed E-state index contributed by atoms with van der Waals surface area (Å²) in [5, 5.41) is 0. The van der Waals surface area contributed by atoms with Crippen LogP contribution in [0.25, 0.3) is 0 Å². The smallest absolute Gasteiger partial charge is 0.122 e. The Labute approximate surface area is 126 Å². The Bertz CT molecular complexity index is 606. The number of rotatable bonds is 6. The maximum absolute atomic E-state index is 5.70. The molecule has 109 valence electrons. The predicted octanol–water partition coefficient (Wildman–Crippen LogP) is 4.45. The van der Waals surface area contributed by atoms with Crippen LogP contribution in [-0.2, 0) is 0 Å². The van der Waals surface area contributed by atoms with E-state index in [2.05, 4.69) is 30.7 Å². The molecule has 2 nitrogen and oxygen atoms in total. The molecule has 1 saturated carbocycles. The van der Waals surface area contributed by atoms with E-state index >= 15 is 0 Å². The number of methoxy groups -OCH3 is 1. The molecule has 2 heteroatoms. The largest absolute Gasteiger partial charge is 0.496 e. The highest BCUT2D eigenvalue weighted by Gasteiger charge is 2.40. The van der Waals surface area contributed by atoms with E-state index in [-0.39, 0.29) is 0 Å². The minimum atomic E-state index is 0.566. The lowest BCUT2D eigenvalue weighted by molar-refractivity contribution is 0.338. The van der Waals surface area contributed by atoms with Gasteiger partial charge in [-0.1, -0.05) is 36.4 Å². The molecule has 0 aromatic heterocycles. The summed E-state index contributed by atoms with van der Waals surface area (Å²) >= 11 is 0. The molecule has 2 unspecified atom stereocenters. The fourth-order valence-electron chi connectivity index (χ4n) is 2.87. The second-order valence-electron chi connectivity index (χ2n) is 5.39. The molecule has 1 radical (unpaired) electrons. The van der Waals surface area contributed by atoms with Crippen molar-refractivity contribution in [1.29, 1.82) is 0 Å². The lowest BCUT2D eigenvalue weighted by Gasteiger charge is -2.10. The summed E-state index contributed by atoms with van der Waals surface area (Å²) in [6.45, 7) is 2.72. The van der Waals surface area contributed by atoms with Crippen LogP contribution in [0, 0.1) is 12.3 Å². The molecular weight excluding hydrogens is 260 g/mol. The molecule has 0 aliphatic heterocycles. The molecule has 2 aromatic rings. The number of hydrogen-bond donors (Lipinski definition) is 0. The first-order valence-electron chi connectivity index (χ1n) is 7.53. The second kappa shape index (κ2) is 6.21. The van der Waals surface area contributed by atoms with Crippen LogP contribution in [0.5, 0.6) is 11.5 Å². The van der Waals surface area contributed by atoms with Crippen molar-refractivity contribution < 1.29 is 9.47 Å². The van der Waals surface area contributed by atoms with Gasteiger partial charge in [-0.15, -0.1) is 0 Å². The lowest BCUT2D eigenvalue weighted by atomic mass is 10.0. The van der Waals surface area contributed by atoms with Gasteiger partial charge in [0.2, 0.25) is 0 Å². The van der Waals surface area contributed by atoms with Gasteiger partial charge in [0, 0.05) is 0 Å². The van der Waals surface area contributed by atoms with Crippen LogP contribution in [0.1, 0.15) is 30.4 Å². The zero-order valence-corrected chi connectivity index (χ0v) is 12.6. The van der Waals surface area contributed by atoms with Crippen molar-refractivity contribution in [3.63, 3.8) is 0 Å². The van der Waals surface area contributed by atoms with Crippen LogP contribution < -0.4 is 9.47 Å². The quantitative estimate of drug-likeness (QED) is 0.778. The minimum Gasteiger partial charge on any atom is -0.496 e. The molecule has 0 saturated heterocycles. The zero-order chi connectivity index (χ0) is 14.7. The number of benzene rings is 2. The van der Waals surface area contributed by atoms with Crippen molar-refractivity contribution in [3.05, 3.63) is 66.1 Å². The maximum Gasteiger partial charge on any atom is 0.122 e. The van der Waals surface area contributed by atoms with E-state index in [1.165, 1.54) is 17.5 Å². The summed E-state index contributed by atoms with van der Waals surface area (Å²) in [6, 6.07) is 16.6. The summed E-state index contributed by atoms with van der Waals surface area (Å²) in [5.41, 5.74) is 2.51. The van der Waals surface area contributed by atoms with Gasteiger partial charge in [-0.3, -0.25) is 0 Å². The molecule has 2 atom stereocenters. The molecule has 0 heterocycles. The summed E-state index contributed by atoms with van der Waals surface area (Å²) in [6.07, 6.45) is 3.52. The average Bonchev–Trinajstić information content (AvgIpc) is 3.28. The van der Waals surface area contributed by atoms with Crippen molar-refractivity contribution in [2.75, 3.05) is 13.7 Å². The molecule has 0 spiro atoms. The highest BCUT2D eigenvalue weighted by atomic mass is 16.5. The Balaban J connectivity index is 1.72. The third-order valence-corrected chi connectivity index (χ3v) is 3.99. The Morgan fingerprint density at radius 2 is 1.76 bits per heavy atom. The van der Waals surface area contributed by atoms with Gasteiger partial charge in [-0.2, -0.15) is 0 Å². The summed E-state index contributed by atoms with van der Waals surface area (Å²) in [4.78, 5) is 0. The van der Waals surface area contributed by atoms with E-state index in [4.69, 9.17) is 9.47 Å². The fourth-order valence-corrected chi connectivity index (χ4v) is 2.87. The van der Waals surface area contributed by atoms with Crippen LogP contribution in [0.4, 0.5) is 0 Å². The van der Waals surface area contributed by atoms with E-state index in [9.17, 15) is 0 Å². The first-order valence-corrected chi connectivity index (χ1v) is 7.53. The van der Waals surface area contributed by atoms with E-state index < -0.39 is 0 Å². The van der Waals surface area contributed by atoms with Gasteiger partial charge < -0.3 is 9.47 Å². The van der Waals surface area contributed by atoms with E-state index in [0.29, 0.717) is 18.4 Å². The van der Waals surface area contributed by atoms with Crippen LogP contribution in [0.2, 0.25) is 0 Å². The standard InChI is InChI=1S/C19H21O2/c1-3-21-18-10-6-4-8-14(18)12-15-13-17(15)16-9-5-7-11-19(16)20-2/h4-12,15,17H,3,13H2,1-2H3. The molecule has 0 amide bonds. The zero-order valence-electron chi connectivity index (χ0n) is 12.6. The topological polar surface area (TPSA) is 18.5 Å². The SMILES string of the molecule is CCOc1ccccc1[CH]C1CC1c1ccccc1OC. The molecular formula is C19H21O2. The predicted molar refractivity (Wildman–Crippen MR) is 84.9 cm³/mol. The van der Waals surface area contributed by atoms with Crippen molar-refractivity contribution in [1.82, 2.24) is 0 Å². The molecule has 1 aliphatic rings. The van der Waals surface area contributed by atoms with Crippen LogP contribution in [0.15, 0.2) is 48.5 Å². The van der Waals surface area contributed by atoms with E-state index in [1.807, 2.05) is 31.2 Å². The Morgan fingerprint density at radius 3 is 2.52 bits per heavy atom. The maximum atomic E-state index is 5.70. The third kappa shape index (κ3) is 3.05. The minimum absolute atomic E-state index is 0.566. The van der Waals surface area contributed by atoms with Crippen molar-refractivity contribution >= 4 is 0 Å². The van der Waals surface area contributed by atoms with Crippen molar-refractivity contribution in [3.8, 4) is 11.5 Å². The summed E-state index contributed by atoms with van der Waals surface area (Å²) in [5.74, 6) is 3.11. The van der Waals surface area contributed by atoms with Gasteiger partial charge in [0.15, 0.2) is 0 Å². The fraction of sp³-hybridized carbons (Fsp3) is 0.316. The molecule has 0 N–H and O–H groups in total. The van der Waals surface area contributed by atoms with Gasteiger partial charge in [-0.25, -0.2) is 0 Å². The van der Waals surface area contributed by atoms with Gasteiger partial charge in [0.25, 0.3) is 0 Å². The summed E-state index contributed by atoms with van der Waals surface area (Å²) in [7, 11) is 1.74. The van der Waals surface area contributed by atoms with Gasteiger partial charge >= 0.3 is 0 Å². The summed E-state index contributed by atoms with van der Waals surface area (Å²) < 4.78 is 11.2. The van der Waals surface area contributed by atoms with Crippen molar-refractivity contribution in [2.45, 2.75) is 19.3 Å². The first kappa shape index (κ1) is 14.0. The number of hydrogen-bond acceptors (Lipinski definition) is 2. The van der Waals surface area contributed by atoms with Crippen molar-refractivity contribution in [2.24, 2.45) is 5.92 Å². The molecule has 2 aromatic carbocycles. The molecule has 3 rings (SSSR count). The molecule has 1 fully saturated rings. The van der Waals surface area contributed by atoms with Gasteiger partial charge in [0.1, 0.15) is 11.5 Å². The Hall–Kier alpha value is -1.96. The second-order valence-corrected chi connectivity index (χ2v) is 5.39. The number of para-hydroxylation sites is 2. The average molecular weight is 281 g/mol. The molecule has 21 heavy (non-hydrogen) atoms. The number of ether oxygens (including phenoxy) is 2. The molecule has 0 bridgehead atoms. The van der Waals surface area contributed by atoms with Gasteiger partial charge in [-0.05, 0) is 54.9 Å².